The van der Waals surface area contributed by atoms with Gasteiger partial charge in [-0.3, -0.25) is 0 Å². The van der Waals surface area contributed by atoms with E-state index in [4.69, 9.17) is 5.73 Å². The summed E-state index contributed by atoms with van der Waals surface area (Å²) in [6.07, 6.45) is 0. The maximum Gasteiger partial charge on any atom is 0.243 e. The Morgan fingerprint density at radius 3 is 2.47 bits per heavy atom. The van der Waals surface area contributed by atoms with E-state index in [1.165, 1.54) is 0 Å². The standard InChI is InChI=1S/C10H14F2N2O2S/c1-10(2,13)6-14-17(15,16)9-5-7(11)3-4-8(9)12/h3-5,14H,6,13H2,1-2H3. The molecule has 0 bridgehead atoms. The van der Waals surface area contributed by atoms with E-state index in [1.54, 1.807) is 13.8 Å². The van der Waals surface area contributed by atoms with Crippen LogP contribution in [0.2, 0.25) is 0 Å². The number of nitrogens with two attached hydrogens (primary N) is 1. The van der Waals surface area contributed by atoms with Gasteiger partial charge in [0.05, 0.1) is 0 Å². The van der Waals surface area contributed by atoms with Crippen LogP contribution in [0, 0.1) is 11.6 Å². The van der Waals surface area contributed by atoms with Gasteiger partial charge < -0.3 is 5.73 Å². The second kappa shape index (κ2) is 4.67. The number of benzene rings is 1. The van der Waals surface area contributed by atoms with E-state index in [1.807, 2.05) is 0 Å². The maximum atomic E-state index is 13.3. The van der Waals surface area contributed by atoms with Crippen LogP contribution < -0.4 is 10.5 Å². The first kappa shape index (κ1) is 14.0. The third-order valence-corrected chi connectivity index (χ3v) is 3.32. The summed E-state index contributed by atoms with van der Waals surface area (Å²) >= 11 is 0. The van der Waals surface area contributed by atoms with Crippen molar-refractivity contribution in [2.45, 2.75) is 24.3 Å². The molecule has 0 aliphatic rings. The highest BCUT2D eigenvalue weighted by atomic mass is 32.2. The molecule has 0 spiro atoms. The smallest absolute Gasteiger partial charge is 0.243 e. The second-order valence-electron chi connectivity index (χ2n) is 4.39. The van der Waals surface area contributed by atoms with Gasteiger partial charge in [-0.05, 0) is 32.0 Å². The average molecular weight is 264 g/mol. The van der Waals surface area contributed by atoms with Gasteiger partial charge in [-0.1, -0.05) is 0 Å². The highest BCUT2D eigenvalue weighted by Crippen LogP contribution is 2.15. The van der Waals surface area contributed by atoms with Gasteiger partial charge in [0.2, 0.25) is 10.0 Å². The molecule has 0 heterocycles. The molecule has 17 heavy (non-hydrogen) atoms. The van der Waals surface area contributed by atoms with Gasteiger partial charge in [-0.25, -0.2) is 21.9 Å². The van der Waals surface area contributed by atoms with Crippen molar-refractivity contribution in [3.05, 3.63) is 29.8 Å². The first-order valence-electron chi connectivity index (χ1n) is 4.85. The Labute approximate surface area is 98.9 Å². The van der Waals surface area contributed by atoms with Crippen LogP contribution in [-0.2, 0) is 10.0 Å². The van der Waals surface area contributed by atoms with Crippen molar-refractivity contribution >= 4 is 10.0 Å². The number of halogens is 2. The number of rotatable bonds is 4. The Hall–Kier alpha value is -1.05. The molecule has 1 aromatic rings. The molecular formula is C10H14F2N2O2S. The summed E-state index contributed by atoms with van der Waals surface area (Å²) in [5.74, 6) is -1.83. The van der Waals surface area contributed by atoms with Gasteiger partial charge in [-0.2, -0.15) is 0 Å². The highest BCUT2D eigenvalue weighted by Gasteiger charge is 2.22. The van der Waals surface area contributed by atoms with Crippen LogP contribution in [0.4, 0.5) is 8.78 Å². The zero-order valence-corrected chi connectivity index (χ0v) is 10.3. The van der Waals surface area contributed by atoms with E-state index >= 15 is 0 Å². The molecule has 96 valence electrons. The van der Waals surface area contributed by atoms with Crippen molar-refractivity contribution in [1.29, 1.82) is 0 Å². The molecule has 0 saturated carbocycles. The Bertz CT molecular complexity index is 510. The van der Waals surface area contributed by atoms with Crippen molar-refractivity contribution in [2.24, 2.45) is 5.73 Å². The van der Waals surface area contributed by atoms with Gasteiger partial charge in [-0.15, -0.1) is 0 Å². The second-order valence-corrected chi connectivity index (χ2v) is 6.12. The van der Waals surface area contributed by atoms with Crippen LogP contribution in [0.3, 0.4) is 0 Å². The molecule has 3 N–H and O–H groups in total. The topological polar surface area (TPSA) is 72.2 Å². The lowest BCUT2D eigenvalue weighted by Crippen LogP contribution is -2.45. The SMILES string of the molecule is CC(C)(N)CNS(=O)(=O)c1cc(F)ccc1F. The fourth-order valence-corrected chi connectivity index (χ4v) is 2.35. The van der Waals surface area contributed by atoms with Crippen LogP contribution in [0.5, 0.6) is 0 Å². The van der Waals surface area contributed by atoms with E-state index in [2.05, 4.69) is 4.72 Å². The minimum Gasteiger partial charge on any atom is -0.324 e. The van der Waals surface area contributed by atoms with E-state index in [0.29, 0.717) is 6.07 Å². The van der Waals surface area contributed by atoms with Crippen LogP contribution in [0.25, 0.3) is 0 Å². The van der Waals surface area contributed by atoms with Crippen molar-refractivity contribution < 1.29 is 17.2 Å². The third-order valence-electron chi connectivity index (χ3n) is 1.90. The Morgan fingerprint density at radius 2 is 1.94 bits per heavy atom. The third kappa shape index (κ3) is 4.03. The zero-order valence-electron chi connectivity index (χ0n) is 9.50. The number of nitrogens with one attached hydrogen (secondary N) is 1. The fourth-order valence-electron chi connectivity index (χ4n) is 1.04. The number of hydrogen-bond acceptors (Lipinski definition) is 3. The summed E-state index contributed by atoms with van der Waals surface area (Å²) in [6, 6.07) is 2.24. The van der Waals surface area contributed by atoms with Crippen LogP contribution in [-0.4, -0.2) is 20.5 Å². The van der Waals surface area contributed by atoms with Gasteiger partial charge in [0.1, 0.15) is 16.5 Å². The molecule has 1 aromatic carbocycles. The summed E-state index contributed by atoms with van der Waals surface area (Å²) in [4.78, 5) is -0.721. The highest BCUT2D eigenvalue weighted by molar-refractivity contribution is 7.89. The van der Waals surface area contributed by atoms with Gasteiger partial charge in [0, 0.05) is 12.1 Å². The van der Waals surface area contributed by atoms with E-state index in [9.17, 15) is 17.2 Å². The minimum absolute atomic E-state index is 0.0781. The Balaban J connectivity index is 3.02. The quantitative estimate of drug-likeness (QED) is 0.851. The first-order chi connectivity index (χ1) is 7.62. The number of sulfonamides is 1. The number of hydrogen-bond donors (Lipinski definition) is 2. The van der Waals surface area contributed by atoms with Crippen molar-refractivity contribution in [1.82, 2.24) is 4.72 Å². The predicted molar refractivity (Wildman–Crippen MR) is 59.8 cm³/mol. The lowest BCUT2D eigenvalue weighted by atomic mass is 10.1. The summed E-state index contributed by atoms with van der Waals surface area (Å²) in [5, 5.41) is 0. The van der Waals surface area contributed by atoms with Crippen LogP contribution in [0.15, 0.2) is 23.1 Å². The van der Waals surface area contributed by atoms with Crippen molar-refractivity contribution in [3.63, 3.8) is 0 Å². The van der Waals surface area contributed by atoms with E-state index in [0.717, 1.165) is 12.1 Å². The minimum atomic E-state index is -4.09. The summed E-state index contributed by atoms with van der Waals surface area (Å²) < 4.78 is 51.6. The Morgan fingerprint density at radius 1 is 1.35 bits per heavy atom. The van der Waals surface area contributed by atoms with E-state index < -0.39 is 32.1 Å². The molecule has 0 amide bonds. The van der Waals surface area contributed by atoms with Crippen LogP contribution in [0.1, 0.15) is 13.8 Å². The predicted octanol–water partition coefficient (Wildman–Crippen LogP) is 0.980. The molecule has 7 heteroatoms. The van der Waals surface area contributed by atoms with Crippen molar-refractivity contribution in [2.75, 3.05) is 6.54 Å². The summed E-state index contributed by atoms with van der Waals surface area (Å²) in [5.41, 5.74) is 4.81. The molecule has 0 aliphatic heterocycles. The molecule has 0 atom stereocenters. The molecule has 4 nitrogen and oxygen atoms in total. The molecule has 0 saturated heterocycles. The summed E-state index contributed by atoms with van der Waals surface area (Å²) in [7, 11) is -4.09. The molecule has 0 aromatic heterocycles. The molecule has 0 radical (unpaired) electrons. The summed E-state index contributed by atoms with van der Waals surface area (Å²) in [6.45, 7) is 3.14. The van der Waals surface area contributed by atoms with Gasteiger partial charge in [0.25, 0.3) is 0 Å². The maximum absolute atomic E-state index is 13.3. The average Bonchev–Trinajstić information content (AvgIpc) is 2.18. The van der Waals surface area contributed by atoms with Gasteiger partial charge >= 0.3 is 0 Å². The van der Waals surface area contributed by atoms with Gasteiger partial charge in [0.15, 0.2) is 0 Å². The molecular weight excluding hydrogens is 250 g/mol. The first-order valence-corrected chi connectivity index (χ1v) is 6.34. The lowest BCUT2D eigenvalue weighted by Gasteiger charge is -2.19. The largest absolute Gasteiger partial charge is 0.324 e. The molecule has 1 rings (SSSR count). The monoisotopic (exact) mass is 264 g/mol. The molecule has 0 fully saturated rings. The van der Waals surface area contributed by atoms with Crippen molar-refractivity contribution in [3.8, 4) is 0 Å². The normalized spacial score (nSPS) is 12.8. The van der Waals surface area contributed by atoms with E-state index in [-0.39, 0.29) is 6.54 Å². The Kier molecular flexibility index (Phi) is 3.85. The lowest BCUT2D eigenvalue weighted by molar-refractivity contribution is 0.493. The fraction of sp³-hybridized carbons (Fsp3) is 0.400. The molecule has 0 aliphatic carbocycles. The van der Waals surface area contributed by atoms with Crippen LogP contribution >= 0.6 is 0 Å². The zero-order chi connectivity index (χ0) is 13.3. The molecule has 0 unspecified atom stereocenters.